The van der Waals surface area contributed by atoms with Gasteiger partial charge in [0.25, 0.3) is 0 Å². The number of carbonyl (C=O) groups is 3. The SMILES string of the molecule is COc1ccc(OC)c(NC(=O)[C@H](CC(N)=O)NC(=O)OCc2ccccc2)c1. The number of carbonyl (C=O) groups excluding carboxylic acids is 3. The smallest absolute Gasteiger partial charge is 0.408 e. The van der Waals surface area contributed by atoms with Crippen LogP contribution in [0.15, 0.2) is 48.5 Å². The molecule has 0 saturated carbocycles. The molecule has 0 spiro atoms. The van der Waals surface area contributed by atoms with Gasteiger partial charge >= 0.3 is 6.09 Å². The highest BCUT2D eigenvalue weighted by atomic mass is 16.5. The fraction of sp³-hybridized carbons (Fsp3) is 0.250. The van der Waals surface area contributed by atoms with Crippen LogP contribution in [-0.2, 0) is 20.9 Å². The van der Waals surface area contributed by atoms with Crippen molar-refractivity contribution in [2.24, 2.45) is 5.73 Å². The second kappa shape index (κ2) is 10.5. The largest absolute Gasteiger partial charge is 0.497 e. The maximum atomic E-state index is 12.6. The van der Waals surface area contributed by atoms with Gasteiger partial charge in [-0.25, -0.2) is 4.79 Å². The highest BCUT2D eigenvalue weighted by Gasteiger charge is 2.25. The first-order chi connectivity index (χ1) is 13.9. The van der Waals surface area contributed by atoms with Gasteiger partial charge in [0, 0.05) is 6.07 Å². The topological polar surface area (TPSA) is 129 Å². The third-order valence-corrected chi connectivity index (χ3v) is 3.89. The molecule has 2 rings (SSSR count). The number of hydrogen-bond acceptors (Lipinski definition) is 6. The van der Waals surface area contributed by atoms with Crippen LogP contribution in [0.5, 0.6) is 11.5 Å². The Kier molecular flexibility index (Phi) is 7.84. The van der Waals surface area contributed by atoms with E-state index in [9.17, 15) is 14.4 Å². The molecular weight excluding hydrogens is 378 g/mol. The first-order valence-electron chi connectivity index (χ1n) is 8.71. The Morgan fingerprint density at radius 1 is 1.03 bits per heavy atom. The lowest BCUT2D eigenvalue weighted by molar-refractivity contribution is -0.123. The van der Waals surface area contributed by atoms with E-state index in [4.69, 9.17) is 19.9 Å². The van der Waals surface area contributed by atoms with E-state index < -0.39 is 30.4 Å². The van der Waals surface area contributed by atoms with E-state index in [1.807, 2.05) is 18.2 Å². The third kappa shape index (κ3) is 6.73. The molecule has 0 aliphatic rings. The summed E-state index contributed by atoms with van der Waals surface area (Å²) in [6.07, 6.45) is -1.26. The molecule has 9 heteroatoms. The number of alkyl carbamates (subject to hydrolysis) is 1. The molecule has 3 amide bonds. The molecule has 0 radical (unpaired) electrons. The maximum absolute atomic E-state index is 12.6. The number of primary amides is 1. The van der Waals surface area contributed by atoms with Crippen LogP contribution < -0.4 is 25.8 Å². The summed E-state index contributed by atoms with van der Waals surface area (Å²) in [7, 11) is 2.92. The minimum atomic E-state index is -1.23. The molecule has 0 bridgehead atoms. The molecule has 0 aliphatic carbocycles. The van der Waals surface area contributed by atoms with Crippen LogP contribution in [0.2, 0.25) is 0 Å². The van der Waals surface area contributed by atoms with Gasteiger partial charge in [-0.05, 0) is 17.7 Å². The van der Waals surface area contributed by atoms with Gasteiger partial charge in [0.05, 0.1) is 26.3 Å². The Bertz CT molecular complexity index is 857. The van der Waals surface area contributed by atoms with Crippen molar-refractivity contribution >= 4 is 23.6 Å². The maximum Gasteiger partial charge on any atom is 0.408 e. The lowest BCUT2D eigenvalue weighted by atomic mass is 10.1. The molecule has 0 unspecified atom stereocenters. The van der Waals surface area contributed by atoms with Crippen molar-refractivity contribution in [3.8, 4) is 11.5 Å². The van der Waals surface area contributed by atoms with Gasteiger partial charge in [0.2, 0.25) is 11.8 Å². The van der Waals surface area contributed by atoms with E-state index in [1.165, 1.54) is 14.2 Å². The number of rotatable bonds is 9. The lowest BCUT2D eigenvalue weighted by Gasteiger charge is -2.18. The Labute approximate surface area is 168 Å². The fourth-order valence-corrected chi connectivity index (χ4v) is 2.45. The average Bonchev–Trinajstić information content (AvgIpc) is 2.72. The zero-order valence-electron chi connectivity index (χ0n) is 16.1. The number of hydrogen-bond donors (Lipinski definition) is 3. The highest BCUT2D eigenvalue weighted by molar-refractivity contribution is 6.00. The van der Waals surface area contributed by atoms with Crippen LogP contribution in [0, 0.1) is 0 Å². The van der Waals surface area contributed by atoms with Crippen molar-refractivity contribution in [2.75, 3.05) is 19.5 Å². The first-order valence-corrected chi connectivity index (χ1v) is 8.71. The average molecular weight is 401 g/mol. The predicted octanol–water partition coefficient (Wildman–Crippen LogP) is 1.81. The van der Waals surface area contributed by atoms with E-state index in [0.29, 0.717) is 17.2 Å². The predicted molar refractivity (Wildman–Crippen MR) is 106 cm³/mol. The zero-order valence-corrected chi connectivity index (χ0v) is 16.1. The summed E-state index contributed by atoms with van der Waals surface area (Å²) in [5, 5.41) is 4.96. The number of anilines is 1. The van der Waals surface area contributed by atoms with Crippen molar-refractivity contribution in [2.45, 2.75) is 19.1 Å². The van der Waals surface area contributed by atoms with Crippen molar-refractivity contribution in [1.29, 1.82) is 0 Å². The van der Waals surface area contributed by atoms with E-state index in [2.05, 4.69) is 10.6 Å². The molecule has 0 saturated heterocycles. The lowest BCUT2D eigenvalue weighted by Crippen LogP contribution is -2.46. The monoisotopic (exact) mass is 401 g/mol. The zero-order chi connectivity index (χ0) is 21.2. The van der Waals surface area contributed by atoms with Gasteiger partial charge in [-0.15, -0.1) is 0 Å². The van der Waals surface area contributed by atoms with Crippen LogP contribution in [0.3, 0.4) is 0 Å². The van der Waals surface area contributed by atoms with Crippen LogP contribution in [-0.4, -0.2) is 38.2 Å². The number of amides is 3. The van der Waals surface area contributed by atoms with Gasteiger partial charge in [-0.1, -0.05) is 30.3 Å². The summed E-state index contributed by atoms with van der Waals surface area (Å²) >= 11 is 0. The molecule has 4 N–H and O–H groups in total. The number of nitrogens with one attached hydrogen (secondary N) is 2. The third-order valence-electron chi connectivity index (χ3n) is 3.89. The number of benzene rings is 2. The number of methoxy groups -OCH3 is 2. The Morgan fingerprint density at radius 2 is 1.76 bits per heavy atom. The minimum absolute atomic E-state index is 0.0152. The summed E-state index contributed by atoms with van der Waals surface area (Å²) < 4.78 is 15.4. The van der Waals surface area contributed by atoms with Crippen molar-refractivity contribution in [3.63, 3.8) is 0 Å². The molecule has 1 atom stereocenters. The van der Waals surface area contributed by atoms with Crippen LogP contribution in [0.4, 0.5) is 10.5 Å². The van der Waals surface area contributed by atoms with Gasteiger partial charge in [-0.3, -0.25) is 9.59 Å². The number of nitrogens with two attached hydrogens (primary N) is 1. The fourth-order valence-electron chi connectivity index (χ4n) is 2.45. The molecule has 0 fully saturated rings. The van der Waals surface area contributed by atoms with Crippen molar-refractivity contribution in [3.05, 3.63) is 54.1 Å². The van der Waals surface area contributed by atoms with Gasteiger partial charge in [0.15, 0.2) is 0 Å². The van der Waals surface area contributed by atoms with Crippen molar-refractivity contribution in [1.82, 2.24) is 5.32 Å². The molecule has 0 aliphatic heterocycles. The Morgan fingerprint density at radius 3 is 2.38 bits per heavy atom. The molecule has 2 aromatic rings. The Hall–Kier alpha value is -3.75. The van der Waals surface area contributed by atoms with Gasteiger partial charge < -0.3 is 30.6 Å². The molecule has 2 aromatic carbocycles. The highest BCUT2D eigenvalue weighted by Crippen LogP contribution is 2.29. The summed E-state index contributed by atoms with van der Waals surface area (Å²) in [4.78, 5) is 36.1. The molecule has 0 aromatic heterocycles. The summed E-state index contributed by atoms with van der Waals surface area (Å²) in [6, 6.07) is 12.6. The molecular formula is C20H23N3O6. The number of ether oxygens (including phenoxy) is 3. The normalized spacial score (nSPS) is 11.1. The quantitative estimate of drug-likeness (QED) is 0.588. The van der Waals surface area contributed by atoms with Crippen molar-refractivity contribution < 1.29 is 28.6 Å². The minimum Gasteiger partial charge on any atom is -0.497 e. The van der Waals surface area contributed by atoms with E-state index >= 15 is 0 Å². The first kappa shape index (κ1) is 21.5. The molecule has 154 valence electrons. The Balaban J connectivity index is 2.05. The van der Waals surface area contributed by atoms with E-state index in [0.717, 1.165) is 5.56 Å². The van der Waals surface area contributed by atoms with E-state index in [1.54, 1.807) is 30.3 Å². The van der Waals surface area contributed by atoms with Crippen LogP contribution >= 0.6 is 0 Å². The molecule has 9 nitrogen and oxygen atoms in total. The van der Waals surface area contributed by atoms with Crippen LogP contribution in [0.25, 0.3) is 0 Å². The summed E-state index contributed by atoms with van der Waals surface area (Å²) in [5.74, 6) is -0.551. The van der Waals surface area contributed by atoms with Gasteiger partial charge in [0.1, 0.15) is 24.1 Å². The standard InChI is InChI=1S/C20H23N3O6/c1-27-14-8-9-17(28-2)15(10-14)22-19(25)16(11-18(21)24)23-20(26)29-12-13-6-4-3-5-7-13/h3-10,16H,11-12H2,1-2H3,(H2,21,24)(H,22,25)(H,23,26)/t16-/m0/s1. The second-order valence-electron chi connectivity index (χ2n) is 5.98. The summed E-state index contributed by atoms with van der Waals surface area (Å²) in [5.41, 5.74) is 6.30. The van der Waals surface area contributed by atoms with Crippen LogP contribution in [0.1, 0.15) is 12.0 Å². The molecule has 0 heterocycles. The van der Waals surface area contributed by atoms with Gasteiger partial charge in [-0.2, -0.15) is 0 Å². The molecule has 29 heavy (non-hydrogen) atoms. The second-order valence-corrected chi connectivity index (χ2v) is 5.98. The summed E-state index contributed by atoms with van der Waals surface area (Å²) in [6.45, 7) is 0.0152. The van der Waals surface area contributed by atoms with E-state index in [-0.39, 0.29) is 6.61 Å².